The van der Waals surface area contributed by atoms with Crippen LogP contribution in [0.1, 0.15) is 38.5 Å². The van der Waals surface area contributed by atoms with Gasteiger partial charge in [-0.1, -0.05) is 25.7 Å². The van der Waals surface area contributed by atoms with Crippen molar-refractivity contribution in [2.24, 2.45) is 0 Å². The maximum atomic E-state index is 13.9. The minimum atomic E-state index is -3.89. The van der Waals surface area contributed by atoms with E-state index in [1.807, 2.05) is 0 Å². The molecular formula is C15H21F2NO2S. The van der Waals surface area contributed by atoms with E-state index in [-0.39, 0.29) is 6.04 Å². The Kier molecular flexibility index (Phi) is 5.32. The summed E-state index contributed by atoms with van der Waals surface area (Å²) in [5.74, 6) is -1.62. The summed E-state index contributed by atoms with van der Waals surface area (Å²) in [6.45, 7) is 0. The highest BCUT2D eigenvalue weighted by Crippen LogP contribution is 2.29. The summed E-state index contributed by atoms with van der Waals surface area (Å²) in [5.41, 5.74) is 0. The van der Waals surface area contributed by atoms with Crippen LogP contribution in [0.5, 0.6) is 0 Å². The van der Waals surface area contributed by atoms with Crippen molar-refractivity contribution in [3.8, 4) is 0 Å². The van der Waals surface area contributed by atoms with Crippen molar-refractivity contribution in [1.82, 2.24) is 5.32 Å². The first-order valence-corrected chi connectivity index (χ1v) is 8.87. The summed E-state index contributed by atoms with van der Waals surface area (Å²) in [5, 5.41) is 2.33. The van der Waals surface area contributed by atoms with Gasteiger partial charge in [-0.15, -0.1) is 0 Å². The van der Waals surface area contributed by atoms with E-state index >= 15 is 0 Å². The van der Waals surface area contributed by atoms with Crippen molar-refractivity contribution < 1.29 is 17.2 Å². The number of benzene rings is 1. The third-order valence-electron chi connectivity index (χ3n) is 4.17. The van der Waals surface area contributed by atoms with Gasteiger partial charge in [-0.3, -0.25) is 0 Å². The van der Waals surface area contributed by atoms with Crippen LogP contribution < -0.4 is 5.32 Å². The van der Waals surface area contributed by atoms with Gasteiger partial charge in [0.05, 0.1) is 5.25 Å². The molecule has 0 spiro atoms. The molecule has 1 aromatic carbocycles. The van der Waals surface area contributed by atoms with Crippen LogP contribution in [0.2, 0.25) is 0 Å². The number of nitrogens with one attached hydrogen (secondary N) is 1. The Morgan fingerprint density at radius 2 is 1.76 bits per heavy atom. The lowest BCUT2D eigenvalue weighted by Crippen LogP contribution is -2.43. The second kappa shape index (κ2) is 6.83. The van der Waals surface area contributed by atoms with Crippen LogP contribution in [0.15, 0.2) is 23.1 Å². The van der Waals surface area contributed by atoms with Gasteiger partial charge in [0, 0.05) is 6.04 Å². The van der Waals surface area contributed by atoms with Gasteiger partial charge in [0.15, 0.2) is 9.84 Å². The zero-order valence-electron chi connectivity index (χ0n) is 12.1. The molecule has 0 aromatic heterocycles. The number of rotatable bonds is 3. The van der Waals surface area contributed by atoms with Crippen molar-refractivity contribution in [2.75, 3.05) is 7.05 Å². The Balaban J connectivity index is 2.41. The van der Waals surface area contributed by atoms with Gasteiger partial charge in [-0.2, -0.15) is 0 Å². The average Bonchev–Trinajstić information content (AvgIpc) is 2.41. The average molecular weight is 317 g/mol. The fourth-order valence-corrected chi connectivity index (χ4v) is 5.13. The van der Waals surface area contributed by atoms with Gasteiger partial charge >= 0.3 is 0 Å². The van der Waals surface area contributed by atoms with Gasteiger partial charge in [0.25, 0.3) is 0 Å². The topological polar surface area (TPSA) is 46.2 Å². The second-order valence-corrected chi connectivity index (χ2v) is 7.68. The predicted octanol–water partition coefficient (Wildman–Crippen LogP) is 3.05. The van der Waals surface area contributed by atoms with Crippen molar-refractivity contribution in [3.05, 3.63) is 29.8 Å². The van der Waals surface area contributed by atoms with Crippen LogP contribution in [-0.4, -0.2) is 26.8 Å². The number of sulfone groups is 1. The van der Waals surface area contributed by atoms with Crippen LogP contribution in [0.4, 0.5) is 8.78 Å². The Bertz CT molecular complexity index is 589. The van der Waals surface area contributed by atoms with E-state index in [1.54, 1.807) is 7.05 Å². The highest BCUT2D eigenvalue weighted by Gasteiger charge is 2.36. The fraction of sp³-hybridized carbons (Fsp3) is 0.600. The van der Waals surface area contributed by atoms with Gasteiger partial charge in [0.2, 0.25) is 0 Å². The zero-order valence-corrected chi connectivity index (χ0v) is 12.9. The van der Waals surface area contributed by atoms with E-state index in [4.69, 9.17) is 0 Å². The van der Waals surface area contributed by atoms with Gasteiger partial charge < -0.3 is 5.32 Å². The first-order chi connectivity index (χ1) is 9.96. The SMILES string of the molecule is CNC1CCCCCCC1S(=O)(=O)c1cc(F)ccc1F. The lowest BCUT2D eigenvalue weighted by molar-refractivity contribution is 0.404. The van der Waals surface area contributed by atoms with Crippen LogP contribution in [0.3, 0.4) is 0 Å². The monoisotopic (exact) mass is 317 g/mol. The maximum absolute atomic E-state index is 13.9. The molecule has 0 aliphatic heterocycles. The molecule has 0 saturated heterocycles. The molecule has 0 heterocycles. The Labute approximate surface area is 124 Å². The predicted molar refractivity (Wildman–Crippen MR) is 77.9 cm³/mol. The molecule has 118 valence electrons. The highest BCUT2D eigenvalue weighted by atomic mass is 32.2. The van der Waals surface area contributed by atoms with E-state index in [1.165, 1.54) is 0 Å². The van der Waals surface area contributed by atoms with E-state index in [0.717, 1.165) is 50.3 Å². The van der Waals surface area contributed by atoms with Gasteiger partial charge in [-0.25, -0.2) is 17.2 Å². The minimum Gasteiger partial charge on any atom is -0.316 e. The summed E-state index contributed by atoms with van der Waals surface area (Å²) >= 11 is 0. The first kappa shape index (κ1) is 16.4. The molecule has 3 nitrogen and oxygen atoms in total. The number of halogens is 2. The first-order valence-electron chi connectivity index (χ1n) is 7.33. The molecule has 0 amide bonds. The van der Waals surface area contributed by atoms with Gasteiger partial charge in [0.1, 0.15) is 16.5 Å². The largest absolute Gasteiger partial charge is 0.316 e. The molecular weight excluding hydrogens is 296 g/mol. The zero-order chi connectivity index (χ0) is 15.5. The molecule has 0 bridgehead atoms. The fourth-order valence-electron chi connectivity index (χ4n) is 3.01. The molecule has 2 atom stereocenters. The minimum absolute atomic E-state index is 0.224. The molecule has 1 N–H and O–H groups in total. The summed E-state index contributed by atoms with van der Waals surface area (Å²) in [6, 6.07) is 2.37. The molecule has 0 radical (unpaired) electrons. The molecule has 1 aromatic rings. The van der Waals surface area contributed by atoms with Crippen molar-refractivity contribution >= 4 is 9.84 Å². The molecule has 1 aliphatic carbocycles. The molecule has 2 rings (SSSR count). The quantitative estimate of drug-likeness (QED) is 0.932. The molecule has 1 fully saturated rings. The van der Waals surface area contributed by atoms with Gasteiger partial charge in [-0.05, 0) is 38.1 Å². The maximum Gasteiger partial charge on any atom is 0.185 e. The smallest absolute Gasteiger partial charge is 0.185 e. The number of hydrogen-bond acceptors (Lipinski definition) is 3. The third kappa shape index (κ3) is 3.61. The normalized spacial score (nSPS) is 24.3. The standard InChI is InChI=1S/C15H21F2NO2S/c1-18-13-6-4-2-3-5-7-14(13)21(19,20)15-10-11(16)8-9-12(15)17/h8-10,13-14,18H,2-7H2,1H3. The van der Waals surface area contributed by atoms with Crippen LogP contribution in [0, 0.1) is 11.6 Å². The van der Waals surface area contributed by atoms with Crippen molar-refractivity contribution in [2.45, 2.75) is 54.7 Å². The summed E-state index contributed by atoms with van der Waals surface area (Å²) in [7, 11) is -2.17. The number of hydrogen-bond donors (Lipinski definition) is 1. The summed E-state index contributed by atoms with van der Waals surface area (Å²) in [6.07, 6.45) is 5.01. The lowest BCUT2D eigenvalue weighted by Gasteiger charge is -2.29. The van der Waals surface area contributed by atoms with Crippen LogP contribution in [0.25, 0.3) is 0 Å². The van der Waals surface area contributed by atoms with Crippen molar-refractivity contribution in [3.63, 3.8) is 0 Å². The molecule has 1 saturated carbocycles. The second-order valence-electron chi connectivity index (χ2n) is 5.54. The highest BCUT2D eigenvalue weighted by molar-refractivity contribution is 7.92. The third-order valence-corrected chi connectivity index (χ3v) is 6.46. The van der Waals surface area contributed by atoms with Crippen LogP contribution >= 0.6 is 0 Å². The molecule has 6 heteroatoms. The van der Waals surface area contributed by atoms with Crippen molar-refractivity contribution in [1.29, 1.82) is 0 Å². The Hall–Kier alpha value is -1.01. The summed E-state index contributed by atoms with van der Waals surface area (Å²) < 4.78 is 52.7. The molecule has 1 aliphatic rings. The van der Waals surface area contributed by atoms with E-state index in [2.05, 4.69) is 5.32 Å². The van der Waals surface area contributed by atoms with E-state index in [9.17, 15) is 17.2 Å². The van der Waals surface area contributed by atoms with E-state index < -0.39 is 31.6 Å². The molecule has 21 heavy (non-hydrogen) atoms. The Morgan fingerprint density at radius 1 is 1.10 bits per heavy atom. The Morgan fingerprint density at radius 3 is 2.43 bits per heavy atom. The van der Waals surface area contributed by atoms with E-state index in [0.29, 0.717) is 6.42 Å². The molecule has 2 unspecified atom stereocenters. The van der Waals surface area contributed by atoms with Crippen LogP contribution in [-0.2, 0) is 9.84 Å². The summed E-state index contributed by atoms with van der Waals surface area (Å²) in [4.78, 5) is -0.520. The lowest BCUT2D eigenvalue weighted by atomic mass is 9.96.